The number of rotatable bonds is 3. The summed E-state index contributed by atoms with van der Waals surface area (Å²) in [5, 5.41) is 1.05. The first-order valence-corrected chi connectivity index (χ1v) is 6.47. The van der Waals surface area contributed by atoms with Gasteiger partial charge < -0.3 is 5.73 Å². The Morgan fingerprint density at radius 2 is 1.89 bits per heavy atom. The van der Waals surface area contributed by atoms with Gasteiger partial charge in [-0.1, -0.05) is 48.3 Å². The van der Waals surface area contributed by atoms with E-state index in [9.17, 15) is 0 Å². The molecule has 2 aromatic rings. The molecule has 0 bridgehead atoms. The van der Waals surface area contributed by atoms with Gasteiger partial charge in [-0.05, 0) is 23.8 Å². The van der Waals surface area contributed by atoms with E-state index in [1.807, 2.05) is 37.3 Å². The van der Waals surface area contributed by atoms with Gasteiger partial charge in [0.1, 0.15) is 0 Å². The second-order valence-electron chi connectivity index (χ2n) is 4.21. The van der Waals surface area contributed by atoms with E-state index in [0.29, 0.717) is 10.0 Å². The summed E-state index contributed by atoms with van der Waals surface area (Å²) in [6.07, 6.45) is 1.76. The molecule has 1 heterocycles. The molecule has 0 saturated carbocycles. The Morgan fingerprint density at radius 1 is 1.11 bits per heavy atom. The van der Waals surface area contributed by atoms with Crippen LogP contribution in [0, 0.1) is 0 Å². The molecule has 0 amide bonds. The van der Waals surface area contributed by atoms with Crippen LogP contribution in [0.2, 0.25) is 10.0 Å². The van der Waals surface area contributed by atoms with Crippen LogP contribution in [-0.4, -0.2) is 4.98 Å². The van der Waals surface area contributed by atoms with E-state index in [-0.39, 0.29) is 12.0 Å². The summed E-state index contributed by atoms with van der Waals surface area (Å²) >= 11 is 12.2. The molecule has 0 aliphatic rings. The molecule has 0 radical (unpaired) electrons. The second-order valence-corrected chi connectivity index (χ2v) is 5.00. The first-order chi connectivity index (χ1) is 8.61. The van der Waals surface area contributed by atoms with Crippen LogP contribution in [0.4, 0.5) is 0 Å². The molecule has 94 valence electrons. The van der Waals surface area contributed by atoms with Crippen molar-refractivity contribution in [3.8, 4) is 0 Å². The standard InChI is InChI=1S/C14H14Cl2N2/c1-9(12-7-2-3-8-18-12)14(17)10-5-4-6-11(15)13(10)16/h2-9,14H,17H2,1H3. The molecular formula is C14H14Cl2N2. The second kappa shape index (κ2) is 5.70. The van der Waals surface area contributed by atoms with Crippen LogP contribution in [0.3, 0.4) is 0 Å². The zero-order chi connectivity index (χ0) is 13.1. The lowest BCUT2D eigenvalue weighted by Crippen LogP contribution is -2.19. The number of hydrogen-bond donors (Lipinski definition) is 1. The van der Waals surface area contributed by atoms with E-state index < -0.39 is 0 Å². The van der Waals surface area contributed by atoms with Crippen molar-refractivity contribution in [2.24, 2.45) is 5.73 Å². The minimum Gasteiger partial charge on any atom is -0.323 e. The summed E-state index contributed by atoms with van der Waals surface area (Å²) in [4.78, 5) is 4.32. The van der Waals surface area contributed by atoms with Gasteiger partial charge in [-0.2, -0.15) is 0 Å². The van der Waals surface area contributed by atoms with Crippen molar-refractivity contribution in [3.05, 3.63) is 63.9 Å². The molecule has 0 spiro atoms. The van der Waals surface area contributed by atoms with Crippen LogP contribution >= 0.6 is 23.2 Å². The van der Waals surface area contributed by atoms with Crippen LogP contribution in [0.5, 0.6) is 0 Å². The van der Waals surface area contributed by atoms with Crippen LogP contribution in [0.15, 0.2) is 42.6 Å². The third-order valence-corrected chi connectivity index (χ3v) is 3.87. The Morgan fingerprint density at radius 3 is 2.56 bits per heavy atom. The van der Waals surface area contributed by atoms with Crippen molar-refractivity contribution < 1.29 is 0 Å². The normalized spacial score (nSPS) is 14.2. The van der Waals surface area contributed by atoms with Gasteiger partial charge in [-0.25, -0.2) is 0 Å². The van der Waals surface area contributed by atoms with Gasteiger partial charge in [-0.3, -0.25) is 4.98 Å². The van der Waals surface area contributed by atoms with Crippen molar-refractivity contribution in [2.45, 2.75) is 18.9 Å². The Kier molecular flexibility index (Phi) is 4.23. The van der Waals surface area contributed by atoms with Crippen molar-refractivity contribution in [1.29, 1.82) is 0 Å². The lowest BCUT2D eigenvalue weighted by Gasteiger charge is -2.21. The monoisotopic (exact) mass is 280 g/mol. The van der Waals surface area contributed by atoms with Crippen LogP contribution in [0.25, 0.3) is 0 Å². The Bertz CT molecular complexity index is 529. The maximum Gasteiger partial charge on any atom is 0.0640 e. The summed E-state index contributed by atoms with van der Waals surface area (Å²) in [5.74, 6) is 0.0715. The fourth-order valence-electron chi connectivity index (χ4n) is 1.88. The smallest absolute Gasteiger partial charge is 0.0640 e. The predicted octanol–water partition coefficient (Wildman–Crippen LogP) is 4.19. The lowest BCUT2D eigenvalue weighted by atomic mass is 9.92. The molecule has 4 heteroatoms. The molecule has 2 nitrogen and oxygen atoms in total. The van der Waals surface area contributed by atoms with Crippen LogP contribution in [0.1, 0.15) is 30.1 Å². The number of pyridine rings is 1. The number of nitrogens with zero attached hydrogens (tertiary/aromatic N) is 1. The Hall–Kier alpha value is -1.09. The zero-order valence-corrected chi connectivity index (χ0v) is 11.5. The Balaban J connectivity index is 2.31. The molecule has 18 heavy (non-hydrogen) atoms. The van der Waals surface area contributed by atoms with Gasteiger partial charge in [0.05, 0.1) is 10.0 Å². The zero-order valence-electron chi connectivity index (χ0n) is 9.98. The molecule has 0 saturated heterocycles. The number of nitrogens with two attached hydrogens (primary N) is 1. The van der Waals surface area contributed by atoms with E-state index in [4.69, 9.17) is 28.9 Å². The molecule has 1 aromatic carbocycles. The van der Waals surface area contributed by atoms with Crippen molar-refractivity contribution >= 4 is 23.2 Å². The van der Waals surface area contributed by atoms with E-state index in [0.717, 1.165) is 11.3 Å². The fourth-order valence-corrected chi connectivity index (χ4v) is 2.31. The van der Waals surface area contributed by atoms with Crippen LogP contribution in [-0.2, 0) is 0 Å². The summed E-state index contributed by atoms with van der Waals surface area (Å²) in [6, 6.07) is 11.1. The summed E-state index contributed by atoms with van der Waals surface area (Å²) in [5.41, 5.74) is 8.05. The molecule has 0 fully saturated rings. The molecule has 2 N–H and O–H groups in total. The highest BCUT2D eigenvalue weighted by atomic mass is 35.5. The number of benzene rings is 1. The highest BCUT2D eigenvalue weighted by molar-refractivity contribution is 6.42. The largest absolute Gasteiger partial charge is 0.323 e. The fraction of sp³-hybridized carbons (Fsp3) is 0.214. The van der Waals surface area contributed by atoms with Crippen LogP contribution < -0.4 is 5.73 Å². The molecule has 2 rings (SSSR count). The first kappa shape index (κ1) is 13.3. The highest BCUT2D eigenvalue weighted by Gasteiger charge is 2.20. The highest BCUT2D eigenvalue weighted by Crippen LogP contribution is 2.34. The number of hydrogen-bond acceptors (Lipinski definition) is 2. The van der Waals surface area contributed by atoms with Gasteiger partial charge in [0.2, 0.25) is 0 Å². The van der Waals surface area contributed by atoms with E-state index >= 15 is 0 Å². The number of aromatic nitrogens is 1. The molecular weight excluding hydrogens is 267 g/mol. The Labute approximate surface area is 117 Å². The third-order valence-electron chi connectivity index (χ3n) is 3.03. The molecule has 0 aliphatic carbocycles. The van der Waals surface area contributed by atoms with Crippen molar-refractivity contribution in [2.75, 3.05) is 0 Å². The SMILES string of the molecule is CC(c1ccccn1)C(N)c1cccc(Cl)c1Cl. The van der Waals surface area contributed by atoms with Gasteiger partial charge >= 0.3 is 0 Å². The maximum atomic E-state index is 6.26. The summed E-state index contributed by atoms with van der Waals surface area (Å²) in [7, 11) is 0. The van der Waals surface area contributed by atoms with Crippen molar-refractivity contribution in [1.82, 2.24) is 4.98 Å². The van der Waals surface area contributed by atoms with E-state index in [1.54, 1.807) is 12.3 Å². The van der Waals surface area contributed by atoms with Gasteiger partial charge in [0, 0.05) is 23.9 Å². The molecule has 2 unspecified atom stereocenters. The van der Waals surface area contributed by atoms with E-state index in [1.165, 1.54) is 0 Å². The van der Waals surface area contributed by atoms with Gasteiger partial charge in [0.15, 0.2) is 0 Å². The molecule has 2 atom stereocenters. The average molecular weight is 281 g/mol. The summed E-state index contributed by atoms with van der Waals surface area (Å²) in [6.45, 7) is 2.03. The maximum absolute atomic E-state index is 6.26. The first-order valence-electron chi connectivity index (χ1n) is 5.71. The minimum absolute atomic E-state index is 0.0715. The quantitative estimate of drug-likeness (QED) is 0.916. The minimum atomic E-state index is -0.230. The van der Waals surface area contributed by atoms with E-state index in [2.05, 4.69) is 4.98 Å². The summed E-state index contributed by atoms with van der Waals surface area (Å²) < 4.78 is 0. The third kappa shape index (κ3) is 2.66. The number of halogens is 2. The van der Waals surface area contributed by atoms with Gasteiger partial charge in [-0.15, -0.1) is 0 Å². The topological polar surface area (TPSA) is 38.9 Å². The molecule has 0 aliphatic heterocycles. The van der Waals surface area contributed by atoms with Gasteiger partial charge in [0.25, 0.3) is 0 Å². The average Bonchev–Trinajstić information content (AvgIpc) is 2.41. The predicted molar refractivity (Wildman–Crippen MR) is 76.0 cm³/mol. The molecule has 1 aromatic heterocycles. The van der Waals surface area contributed by atoms with Crippen molar-refractivity contribution in [3.63, 3.8) is 0 Å². The lowest BCUT2D eigenvalue weighted by molar-refractivity contribution is 0.584.